The molecule has 1 aliphatic rings. The molecule has 1 aromatic heterocycles. The minimum Gasteiger partial charge on any atom is -0.343 e. The molecule has 2 heterocycles. The van der Waals surface area contributed by atoms with Crippen molar-refractivity contribution in [1.82, 2.24) is 4.57 Å². The van der Waals surface area contributed by atoms with Gasteiger partial charge in [-0.3, -0.25) is 4.79 Å². The predicted molar refractivity (Wildman–Crippen MR) is 104 cm³/mol. The van der Waals surface area contributed by atoms with Gasteiger partial charge in [0, 0.05) is 16.9 Å². The van der Waals surface area contributed by atoms with Crippen molar-refractivity contribution >= 4 is 23.4 Å². The average molecular weight is 335 g/mol. The van der Waals surface area contributed by atoms with Crippen LogP contribution in [0.4, 0.5) is 5.69 Å². The van der Waals surface area contributed by atoms with E-state index in [-0.39, 0.29) is 11.4 Å². The average Bonchev–Trinajstić information content (AvgIpc) is 2.98. The van der Waals surface area contributed by atoms with Gasteiger partial charge in [-0.05, 0) is 71.4 Å². The lowest BCUT2D eigenvalue weighted by Crippen LogP contribution is -2.24. The molecular weight excluding hydrogens is 310 g/mol. The van der Waals surface area contributed by atoms with Gasteiger partial charge >= 0.3 is 0 Å². The van der Waals surface area contributed by atoms with E-state index in [2.05, 4.69) is 50.4 Å². The monoisotopic (exact) mass is 335 g/mol. The van der Waals surface area contributed by atoms with Crippen molar-refractivity contribution in [2.75, 3.05) is 5.01 Å². The topological polar surface area (TPSA) is 37.6 Å². The number of aryl methyl sites for hydroxylation is 1. The highest BCUT2D eigenvalue weighted by Crippen LogP contribution is 2.29. The van der Waals surface area contributed by atoms with Crippen LogP contribution in [0.2, 0.25) is 0 Å². The van der Waals surface area contributed by atoms with Crippen molar-refractivity contribution in [3.05, 3.63) is 58.9 Å². The van der Waals surface area contributed by atoms with Gasteiger partial charge in [0.1, 0.15) is 0 Å². The van der Waals surface area contributed by atoms with Crippen molar-refractivity contribution in [2.24, 2.45) is 5.10 Å². The number of nitrogens with zero attached hydrogens (tertiary/aromatic N) is 3. The molecule has 0 N–H and O–H groups in total. The highest BCUT2D eigenvalue weighted by atomic mass is 16.2. The summed E-state index contributed by atoms with van der Waals surface area (Å²) in [6.07, 6.45) is 1.97. The Labute approximate surface area is 149 Å². The van der Waals surface area contributed by atoms with Crippen LogP contribution >= 0.6 is 0 Å². The van der Waals surface area contributed by atoms with Gasteiger partial charge in [-0.2, -0.15) is 10.1 Å². The number of hydrogen-bond acceptors (Lipinski definition) is 2. The number of rotatable bonds is 2. The summed E-state index contributed by atoms with van der Waals surface area (Å²) in [7, 11) is 0. The molecule has 130 valence electrons. The minimum atomic E-state index is -0.0794. The number of aromatic nitrogens is 1. The van der Waals surface area contributed by atoms with E-state index in [4.69, 9.17) is 0 Å². The van der Waals surface area contributed by atoms with E-state index < -0.39 is 0 Å². The first kappa shape index (κ1) is 17.2. The van der Waals surface area contributed by atoms with Crippen LogP contribution in [-0.2, 0) is 10.3 Å². The van der Waals surface area contributed by atoms with E-state index in [1.165, 1.54) is 10.7 Å². The van der Waals surface area contributed by atoms with Crippen molar-refractivity contribution in [2.45, 2.75) is 47.1 Å². The fraction of sp³-hybridized carbons (Fsp3) is 0.333. The maximum absolute atomic E-state index is 12.9. The lowest BCUT2D eigenvalue weighted by molar-refractivity contribution is -0.114. The molecule has 0 fully saturated rings. The third-order valence-corrected chi connectivity index (χ3v) is 4.50. The summed E-state index contributed by atoms with van der Waals surface area (Å²) in [6.45, 7) is 12.7. The molecule has 0 saturated heterocycles. The predicted octanol–water partition coefficient (Wildman–Crippen LogP) is 4.67. The molecule has 1 aromatic carbocycles. The van der Waals surface area contributed by atoms with Crippen molar-refractivity contribution < 1.29 is 4.79 Å². The Morgan fingerprint density at radius 2 is 1.68 bits per heavy atom. The summed E-state index contributed by atoms with van der Waals surface area (Å²) in [5.41, 5.74) is 5.61. The van der Waals surface area contributed by atoms with Gasteiger partial charge in [0.25, 0.3) is 5.91 Å². The van der Waals surface area contributed by atoms with Crippen LogP contribution in [0.25, 0.3) is 6.08 Å². The third-order valence-electron chi connectivity index (χ3n) is 4.50. The summed E-state index contributed by atoms with van der Waals surface area (Å²) >= 11 is 0. The van der Waals surface area contributed by atoms with Crippen molar-refractivity contribution in [3.8, 4) is 0 Å². The van der Waals surface area contributed by atoms with Gasteiger partial charge in [0.2, 0.25) is 0 Å². The Bertz CT molecular complexity index is 880. The summed E-state index contributed by atoms with van der Waals surface area (Å²) in [5, 5.41) is 5.93. The van der Waals surface area contributed by atoms with Crippen LogP contribution in [0.3, 0.4) is 0 Å². The van der Waals surface area contributed by atoms with Crippen LogP contribution in [0.5, 0.6) is 0 Å². The number of amides is 1. The number of para-hydroxylation sites is 1. The standard InChI is InChI=1S/C21H25N3O/c1-14-12-17(16(3)23(14)21(4,5)6)13-19-15(2)22-24(20(19)25)18-10-8-7-9-11-18/h7-13H,1-6H3/b19-13-. The summed E-state index contributed by atoms with van der Waals surface area (Å²) < 4.78 is 2.31. The maximum Gasteiger partial charge on any atom is 0.280 e. The summed E-state index contributed by atoms with van der Waals surface area (Å²) in [6, 6.07) is 11.7. The smallest absolute Gasteiger partial charge is 0.280 e. The lowest BCUT2D eigenvalue weighted by Gasteiger charge is -2.25. The SMILES string of the molecule is CC1=NN(c2ccccc2)C(=O)/C1=C\c1cc(C)n(C(C)(C)C)c1C. The normalized spacial score (nSPS) is 16.7. The van der Waals surface area contributed by atoms with E-state index in [1.54, 1.807) is 0 Å². The van der Waals surface area contributed by atoms with Gasteiger partial charge in [-0.1, -0.05) is 18.2 Å². The molecule has 0 saturated carbocycles. The third kappa shape index (κ3) is 3.04. The Balaban J connectivity index is 2.01. The molecule has 0 unspecified atom stereocenters. The molecule has 4 heteroatoms. The molecule has 3 rings (SSSR count). The highest BCUT2D eigenvalue weighted by molar-refractivity contribution is 6.32. The second-order valence-corrected chi connectivity index (χ2v) is 7.53. The number of carbonyl (C=O) groups is 1. The van der Waals surface area contributed by atoms with Crippen LogP contribution in [0.1, 0.15) is 44.6 Å². The molecule has 25 heavy (non-hydrogen) atoms. The second-order valence-electron chi connectivity index (χ2n) is 7.53. The van der Waals surface area contributed by atoms with E-state index >= 15 is 0 Å². The first-order valence-corrected chi connectivity index (χ1v) is 8.56. The van der Waals surface area contributed by atoms with Crippen LogP contribution in [-0.4, -0.2) is 16.2 Å². The lowest BCUT2D eigenvalue weighted by atomic mass is 10.1. The number of benzene rings is 1. The van der Waals surface area contributed by atoms with Crippen LogP contribution in [0, 0.1) is 13.8 Å². The van der Waals surface area contributed by atoms with Gasteiger partial charge in [0.05, 0.1) is 17.0 Å². The Morgan fingerprint density at radius 1 is 1.04 bits per heavy atom. The second kappa shape index (κ2) is 6.03. The molecule has 1 amide bonds. The zero-order valence-corrected chi connectivity index (χ0v) is 15.8. The van der Waals surface area contributed by atoms with E-state index in [0.717, 1.165) is 22.7 Å². The number of hydrazone groups is 1. The first-order chi connectivity index (χ1) is 11.7. The molecule has 0 spiro atoms. The number of carbonyl (C=O) groups excluding carboxylic acids is 1. The van der Waals surface area contributed by atoms with Gasteiger partial charge in [0.15, 0.2) is 0 Å². The molecule has 0 atom stereocenters. The van der Waals surface area contributed by atoms with Crippen LogP contribution < -0.4 is 5.01 Å². The quantitative estimate of drug-likeness (QED) is 0.735. The molecule has 4 nitrogen and oxygen atoms in total. The zero-order chi connectivity index (χ0) is 18.4. The molecule has 0 radical (unpaired) electrons. The van der Waals surface area contributed by atoms with Crippen LogP contribution in [0.15, 0.2) is 47.1 Å². The first-order valence-electron chi connectivity index (χ1n) is 8.56. The summed E-state index contributed by atoms with van der Waals surface area (Å²) in [5.74, 6) is -0.0794. The van der Waals surface area contributed by atoms with Gasteiger partial charge in [-0.25, -0.2) is 0 Å². The minimum absolute atomic E-state index is 0.00379. The Morgan fingerprint density at radius 3 is 2.24 bits per heavy atom. The molecule has 2 aromatic rings. The molecular formula is C21H25N3O. The fourth-order valence-corrected chi connectivity index (χ4v) is 3.55. The Hall–Kier alpha value is -2.62. The van der Waals surface area contributed by atoms with E-state index in [0.29, 0.717) is 5.57 Å². The van der Waals surface area contributed by atoms with Crippen molar-refractivity contribution in [1.29, 1.82) is 0 Å². The van der Waals surface area contributed by atoms with Crippen molar-refractivity contribution in [3.63, 3.8) is 0 Å². The fourth-order valence-electron chi connectivity index (χ4n) is 3.55. The maximum atomic E-state index is 12.9. The summed E-state index contributed by atoms with van der Waals surface area (Å²) in [4.78, 5) is 12.9. The van der Waals surface area contributed by atoms with E-state index in [9.17, 15) is 4.79 Å². The Kier molecular flexibility index (Phi) is 4.15. The van der Waals surface area contributed by atoms with Gasteiger partial charge in [-0.15, -0.1) is 0 Å². The van der Waals surface area contributed by atoms with Gasteiger partial charge < -0.3 is 4.57 Å². The highest BCUT2D eigenvalue weighted by Gasteiger charge is 2.29. The number of hydrogen-bond donors (Lipinski definition) is 0. The van der Waals surface area contributed by atoms with E-state index in [1.807, 2.05) is 43.3 Å². The number of anilines is 1. The molecule has 0 aliphatic carbocycles. The zero-order valence-electron chi connectivity index (χ0n) is 15.8. The molecule has 0 bridgehead atoms. The molecule has 1 aliphatic heterocycles. The largest absolute Gasteiger partial charge is 0.343 e.